The van der Waals surface area contributed by atoms with Crippen molar-refractivity contribution in [2.45, 2.75) is 25.9 Å². The van der Waals surface area contributed by atoms with Crippen molar-refractivity contribution in [3.05, 3.63) is 24.3 Å². The van der Waals surface area contributed by atoms with E-state index in [1.807, 2.05) is 6.92 Å². The van der Waals surface area contributed by atoms with Crippen molar-refractivity contribution in [3.8, 4) is 5.75 Å². The summed E-state index contributed by atoms with van der Waals surface area (Å²) in [6.45, 7) is 3.30. The number of carbonyl (C=O) groups is 1. The van der Waals surface area contributed by atoms with Gasteiger partial charge < -0.3 is 14.8 Å². The molecule has 0 unspecified atom stereocenters. The summed E-state index contributed by atoms with van der Waals surface area (Å²) in [6, 6.07) is 6.75. The fourth-order valence-corrected chi connectivity index (χ4v) is 3.21. The fourth-order valence-electron chi connectivity index (χ4n) is 2.25. The number of hydrogen-bond donors (Lipinski definition) is 2. The molecule has 23 heavy (non-hydrogen) atoms. The zero-order chi connectivity index (χ0) is 16.7. The number of nitrogens with one attached hydrogen (secondary N) is 2. The standard InChI is InChI=1S/C15H22N2O5S/c1-2-21-13-7-5-12(6-8-13)17-15(18)11-23(19,20)16-10-14-4-3-9-22-14/h5-8,14,16H,2-4,9-11H2,1H3,(H,17,18)/t14-/m0/s1. The van der Waals surface area contributed by atoms with Crippen LogP contribution in [-0.4, -0.2) is 45.9 Å². The molecule has 8 heteroatoms. The van der Waals surface area contributed by atoms with Gasteiger partial charge in [0.15, 0.2) is 0 Å². The Labute approximate surface area is 136 Å². The number of benzene rings is 1. The Kier molecular flexibility index (Phi) is 6.37. The van der Waals surface area contributed by atoms with E-state index < -0.39 is 21.7 Å². The van der Waals surface area contributed by atoms with Gasteiger partial charge in [-0.2, -0.15) is 0 Å². The van der Waals surface area contributed by atoms with Gasteiger partial charge in [-0.25, -0.2) is 13.1 Å². The summed E-state index contributed by atoms with van der Waals surface area (Å²) in [5, 5.41) is 2.55. The first kappa shape index (κ1) is 17.7. The molecule has 0 bridgehead atoms. The Hall–Kier alpha value is -1.64. The monoisotopic (exact) mass is 342 g/mol. The molecule has 0 aliphatic carbocycles. The summed E-state index contributed by atoms with van der Waals surface area (Å²) in [6.07, 6.45) is 1.67. The van der Waals surface area contributed by atoms with Crippen molar-refractivity contribution < 1.29 is 22.7 Å². The number of ether oxygens (including phenoxy) is 2. The lowest BCUT2D eigenvalue weighted by Gasteiger charge is -2.11. The van der Waals surface area contributed by atoms with Crippen LogP contribution in [0.2, 0.25) is 0 Å². The van der Waals surface area contributed by atoms with Gasteiger partial charge in [-0.05, 0) is 44.0 Å². The fraction of sp³-hybridized carbons (Fsp3) is 0.533. The topological polar surface area (TPSA) is 93.7 Å². The molecule has 0 spiro atoms. The highest BCUT2D eigenvalue weighted by atomic mass is 32.2. The molecule has 1 aromatic carbocycles. The van der Waals surface area contributed by atoms with Crippen molar-refractivity contribution >= 4 is 21.6 Å². The maximum atomic E-state index is 11.9. The van der Waals surface area contributed by atoms with E-state index in [0.717, 1.165) is 12.8 Å². The van der Waals surface area contributed by atoms with Crippen molar-refractivity contribution in [1.29, 1.82) is 0 Å². The number of carbonyl (C=O) groups excluding carboxylic acids is 1. The lowest BCUT2D eigenvalue weighted by atomic mass is 10.2. The second-order valence-corrected chi connectivity index (χ2v) is 7.05. The molecule has 7 nitrogen and oxygen atoms in total. The highest BCUT2D eigenvalue weighted by Crippen LogP contribution is 2.15. The molecular weight excluding hydrogens is 320 g/mol. The number of rotatable bonds is 8. The van der Waals surface area contributed by atoms with Crippen LogP contribution in [0.1, 0.15) is 19.8 Å². The van der Waals surface area contributed by atoms with Crippen LogP contribution in [-0.2, 0) is 19.6 Å². The highest BCUT2D eigenvalue weighted by Gasteiger charge is 2.21. The van der Waals surface area contributed by atoms with Crippen LogP contribution in [0.25, 0.3) is 0 Å². The van der Waals surface area contributed by atoms with Gasteiger partial charge in [0.2, 0.25) is 15.9 Å². The lowest BCUT2D eigenvalue weighted by molar-refractivity contribution is -0.113. The normalized spacial score (nSPS) is 17.9. The first-order valence-electron chi connectivity index (χ1n) is 7.60. The molecular formula is C15H22N2O5S. The molecule has 0 saturated carbocycles. The molecule has 2 rings (SSSR count). The van der Waals surface area contributed by atoms with Crippen LogP contribution in [0.5, 0.6) is 5.75 Å². The Morgan fingerprint density at radius 1 is 1.35 bits per heavy atom. The van der Waals surface area contributed by atoms with E-state index in [1.165, 1.54) is 0 Å². The van der Waals surface area contributed by atoms with Gasteiger partial charge in [-0.1, -0.05) is 0 Å². The third-order valence-corrected chi connectivity index (χ3v) is 4.57. The first-order valence-corrected chi connectivity index (χ1v) is 9.25. The summed E-state index contributed by atoms with van der Waals surface area (Å²) in [7, 11) is -3.67. The van der Waals surface area contributed by atoms with E-state index in [4.69, 9.17) is 9.47 Å². The minimum Gasteiger partial charge on any atom is -0.494 e. The van der Waals surface area contributed by atoms with Crippen LogP contribution in [0.15, 0.2) is 24.3 Å². The summed E-state index contributed by atoms with van der Waals surface area (Å²) in [5.74, 6) is -0.516. The van der Waals surface area contributed by atoms with Crippen molar-refractivity contribution in [3.63, 3.8) is 0 Å². The molecule has 1 aliphatic rings. The zero-order valence-corrected chi connectivity index (χ0v) is 13.9. The lowest BCUT2D eigenvalue weighted by Crippen LogP contribution is -2.37. The van der Waals surface area contributed by atoms with Gasteiger partial charge in [0, 0.05) is 18.8 Å². The quantitative estimate of drug-likeness (QED) is 0.738. The van der Waals surface area contributed by atoms with Crippen LogP contribution >= 0.6 is 0 Å². The Morgan fingerprint density at radius 2 is 2.09 bits per heavy atom. The van der Waals surface area contributed by atoms with Crippen molar-refractivity contribution in [2.24, 2.45) is 0 Å². The van der Waals surface area contributed by atoms with Gasteiger partial charge in [-0.15, -0.1) is 0 Å². The maximum Gasteiger partial charge on any atom is 0.240 e. The minimum atomic E-state index is -3.67. The molecule has 1 heterocycles. The smallest absolute Gasteiger partial charge is 0.240 e. The van der Waals surface area contributed by atoms with E-state index in [2.05, 4.69) is 10.0 Å². The second kappa shape index (κ2) is 8.28. The Balaban J connectivity index is 1.80. The summed E-state index contributed by atoms with van der Waals surface area (Å²) >= 11 is 0. The largest absolute Gasteiger partial charge is 0.494 e. The summed E-state index contributed by atoms with van der Waals surface area (Å²) in [5.41, 5.74) is 0.521. The molecule has 1 fully saturated rings. The molecule has 0 radical (unpaired) electrons. The molecule has 1 aliphatic heterocycles. The predicted molar refractivity (Wildman–Crippen MR) is 87.0 cm³/mol. The molecule has 1 amide bonds. The highest BCUT2D eigenvalue weighted by molar-refractivity contribution is 7.90. The van der Waals surface area contributed by atoms with E-state index in [-0.39, 0.29) is 12.6 Å². The van der Waals surface area contributed by atoms with E-state index in [0.29, 0.717) is 24.7 Å². The second-order valence-electron chi connectivity index (χ2n) is 5.25. The number of sulfonamides is 1. The van der Waals surface area contributed by atoms with Crippen molar-refractivity contribution in [2.75, 3.05) is 30.8 Å². The summed E-state index contributed by atoms with van der Waals surface area (Å²) < 4.78 is 36.8. The number of anilines is 1. The third-order valence-electron chi connectivity index (χ3n) is 3.33. The first-order chi connectivity index (χ1) is 11.0. The van der Waals surface area contributed by atoms with Crippen molar-refractivity contribution in [1.82, 2.24) is 4.72 Å². The van der Waals surface area contributed by atoms with E-state index in [1.54, 1.807) is 24.3 Å². The third kappa shape index (κ3) is 6.17. The van der Waals surface area contributed by atoms with Crippen LogP contribution in [0.4, 0.5) is 5.69 Å². The Morgan fingerprint density at radius 3 is 2.70 bits per heavy atom. The van der Waals surface area contributed by atoms with Gasteiger partial charge in [-0.3, -0.25) is 4.79 Å². The van der Waals surface area contributed by atoms with E-state index >= 15 is 0 Å². The minimum absolute atomic E-state index is 0.0982. The average Bonchev–Trinajstić information content (AvgIpc) is 3.00. The molecule has 0 aromatic heterocycles. The molecule has 2 N–H and O–H groups in total. The maximum absolute atomic E-state index is 11.9. The van der Waals surface area contributed by atoms with Crippen LogP contribution in [0.3, 0.4) is 0 Å². The molecule has 128 valence electrons. The molecule has 1 aromatic rings. The van der Waals surface area contributed by atoms with Gasteiger partial charge in [0.1, 0.15) is 11.5 Å². The summed E-state index contributed by atoms with van der Waals surface area (Å²) in [4.78, 5) is 11.8. The molecule has 1 saturated heterocycles. The predicted octanol–water partition coefficient (Wildman–Crippen LogP) is 1.12. The van der Waals surface area contributed by atoms with Crippen LogP contribution < -0.4 is 14.8 Å². The SMILES string of the molecule is CCOc1ccc(NC(=O)CS(=O)(=O)NC[C@@H]2CCCO2)cc1. The van der Waals surface area contributed by atoms with Gasteiger partial charge >= 0.3 is 0 Å². The average molecular weight is 342 g/mol. The Bertz CT molecular complexity index is 609. The van der Waals surface area contributed by atoms with Crippen LogP contribution in [0, 0.1) is 0 Å². The number of amides is 1. The zero-order valence-electron chi connectivity index (χ0n) is 13.1. The number of hydrogen-bond acceptors (Lipinski definition) is 5. The van der Waals surface area contributed by atoms with E-state index in [9.17, 15) is 13.2 Å². The van der Waals surface area contributed by atoms with Gasteiger partial charge in [0.25, 0.3) is 0 Å². The molecule has 1 atom stereocenters. The van der Waals surface area contributed by atoms with Gasteiger partial charge in [0.05, 0.1) is 12.7 Å².